The van der Waals surface area contributed by atoms with Crippen molar-refractivity contribution in [1.29, 1.82) is 0 Å². The highest BCUT2D eigenvalue weighted by atomic mass is 16.2. The van der Waals surface area contributed by atoms with Gasteiger partial charge in [-0.3, -0.25) is 14.3 Å². The fourth-order valence-electron chi connectivity index (χ4n) is 2.77. The number of likely N-dealkylation sites (tertiary alicyclic amines) is 1. The zero-order chi connectivity index (χ0) is 15.0. The van der Waals surface area contributed by atoms with Crippen LogP contribution >= 0.6 is 0 Å². The minimum atomic E-state index is -0.186. The average Bonchev–Trinajstić information content (AvgIpc) is 3.05. The quantitative estimate of drug-likeness (QED) is 0.885. The van der Waals surface area contributed by atoms with Crippen molar-refractivity contribution < 1.29 is 4.79 Å². The van der Waals surface area contributed by atoms with Gasteiger partial charge in [-0.2, -0.15) is 5.10 Å². The Morgan fingerprint density at radius 2 is 2.29 bits per heavy atom. The molecule has 1 unspecified atom stereocenters. The van der Waals surface area contributed by atoms with E-state index in [0.717, 1.165) is 12.8 Å². The van der Waals surface area contributed by atoms with Gasteiger partial charge < -0.3 is 9.88 Å². The lowest BCUT2D eigenvalue weighted by Crippen LogP contribution is -2.32. The maximum Gasteiger partial charge on any atom is 0.274 e. The molecule has 0 radical (unpaired) electrons. The molecule has 2 aromatic rings. The second-order valence-electron chi connectivity index (χ2n) is 5.29. The van der Waals surface area contributed by atoms with E-state index in [1.807, 2.05) is 0 Å². The Hall–Kier alpha value is -2.44. The van der Waals surface area contributed by atoms with E-state index < -0.39 is 0 Å². The van der Waals surface area contributed by atoms with Crippen molar-refractivity contribution >= 4 is 5.91 Å². The maximum atomic E-state index is 12.6. The number of aromatic nitrogens is 4. The first kappa shape index (κ1) is 13.5. The number of aryl methyl sites for hydroxylation is 2. The Bertz CT molecular complexity index is 733. The topological polar surface area (TPSA) is 83.9 Å². The lowest BCUT2D eigenvalue weighted by molar-refractivity contribution is 0.0725. The smallest absolute Gasteiger partial charge is 0.274 e. The molecule has 0 saturated carbocycles. The van der Waals surface area contributed by atoms with Crippen molar-refractivity contribution in [3.8, 4) is 0 Å². The van der Waals surface area contributed by atoms with Gasteiger partial charge in [0, 0.05) is 25.9 Å². The number of rotatable bonds is 2. The Morgan fingerprint density at radius 1 is 1.48 bits per heavy atom. The molecule has 1 N–H and O–H groups in total. The summed E-state index contributed by atoms with van der Waals surface area (Å²) in [6, 6.07) is 3.02. The van der Waals surface area contributed by atoms with E-state index in [0.29, 0.717) is 23.8 Å². The van der Waals surface area contributed by atoms with Crippen LogP contribution in [0.3, 0.4) is 0 Å². The van der Waals surface area contributed by atoms with E-state index in [1.165, 1.54) is 6.07 Å². The molecule has 3 rings (SSSR count). The van der Waals surface area contributed by atoms with Crippen LogP contribution in [-0.4, -0.2) is 37.1 Å². The summed E-state index contributed by atoms with van der Waals surface area (Å²) in [7, 11) is 1.78. The normalized spacial score (nSPS) is 18.2. The van der Waals surface area contributed by atoms with Crippen LogP contribution < -0.4 is 5.56 Å². The number of nitrogens with zero attached hydrogens (tertiary/aromatic N) is 4. The zero-order valence-electron chi connectivity index (χ0n) is 12.0. The molecular weight excluding hydrogens is 270 g/mol. The average molecular weight is 287 g/mol. The first-order chi connectivity index (χ1) is 10.0. The fourth-order valence-corrected chi connectivity index (χ4v) is 2.77. The Kier molecular flexibility index (Phi) is 3.32. The van der Waals surface area contributed by atoms with Crippen LogP contribution in [0.2, 0.25) is 0 Å². The Labute approximate surface area is 121 Å². The first-order valence-corrected chi connectivity index (χ1v) is 6.93. The molecule has 110 valence electrons. The van der Waals surface area contributed by atoms with Gasteiger partial charge >= 0.3 is 0 Å². The van der Waals surface area contributed by atoms with Gasteiger partial charge in [0.15, 0.2) is 0 Å². The third kappa shape index (κ3) is 2.58. The van der Waals surface area contributed by atoms with E-state index >= 15 is 0 Å². The predicted molar refractivity (Wildman–Crippen MR) is 75.8 cm³/mol. The molecule has 1 fully saturated rings. The SMILES string of the molecule is Cc1nc(C2CCCN2C(=O)c2ccn(C)n2)cc(=O)[nH]1. The molecule has 0 spiro atoms. The maximum absolute atomic E-state index is 12.6. The van der Waals surface area contributed by atoms with E-state index in [4.69, 9.17) is 0 Å². The van der Waals surface area contributed by atoms with E-state index in [9.17, 15) is 9.59 Å². The molecule has 0 bridgehead atoms. The van der Waals surface area contributed by atoms with Crippen molar-refractivity contribution in [2.45, 2.75) is 25.8 Å². The second-order valence-corrected chi connectivity index (χ2v) is 5.29. The number of hydrogen-bond donors (Lipinski definition) is 1. The number of amides is 1. The summed E-state index contributed by atoms with van der Waals surface area (Å²) in [5.74, 6) is 0.451. The van der Waals surface area contributed by atoms with Crippen LogP contribution in [0.15, 0.2) is 23.1 Å². The molecule has 2 aromatic heterocycles. The van der Waals surface area contributed by atoms with Gasteiger partial charge in [0.1, 0.15) is 11.5 Å². The third-order valence-corrected chi connectivity index (χ3v) is 3.67. The van der Waals surface area contributed by atoms with Crippen molar-refractivity contribution in [3.63, 3.8) is 0 Å². The molecule has 1 aliphatic heterocycles. The lowest BCUT2D eigenvalue weighted by atomic mass is 10.1. The molecule has 3 heterocycles. The first-order valence-electron chi connectivity index (χ1n) is 6.93. The minimum Gasteiger partial charge on any atom is -0.329 e. The molecular formula is C14H17N5O2. The fraction of sp³-hybridized carbons (Fsp3) is 0.429. The number of nitrogens with one attached hydrogen (secondary N) is 1. The number of H-pyrrole nitrogens is 1. The van der Waals surface area contributed by atoms with Gasteiger partial charge in [0.05, 0.1) is 11.7 Å². The Balaban J connectivity index is 1.92. The predicted octanol–water partition coefficient (Wildman–Crippen LogP) is 0.789. The standard InChI is InChI=1S/C14H17N5O2/c1-9-15-11(8-13(20)16-9)12-4-3-6-19(12)14(21)10-5-7-18(2)17-10/h5,7-8,12H,3-4,6H2,1-2H3,(H,15,16,20). The van der Waals surface area contributed by atoms with Crippen LogP contribution in [0.25, 0.3) is 0 Å². The summed E-state index contributed by atoms with van der Waals surface area (Å²) in [5.41, 5.74) is 0.888. The summed E-state index contributed by atoms with van der Waals surface area (Å²) in [6.07, 6.45) is 3.46. The van der Waals surface area contributed by atoms with Gasteiger partial charge in [-0.25, -0.2) is 4.98 Å². The van der Waals surface area contributed by atoms with Crippen molar-refractivity contribution in [2.24, 2.45) is 7.05 Å². The van der Waals surface area contributed by atoms with Crippen molar-refractivity contribution in [3.05, 3.63) is 45.9 Å². The third-order valence-electron chi connectivity index (χ3n) is 3.67. The van der Waals surface area contributed by atoms with Crippen LogP contribution in [0.4, 0.5) is 0 Å². The van der Waals surface area contributed by atoms with Gasteiger partial charge in [0.25, 0.3) is 11.5 Å². The number of aromatic amines is 1. The highest BCUT2D eigenvalue weighted by Gasteiger charge is 2.32. The van der Waals surface area contributed by atoms with Gasteiger partial charge in [-0.05, 0) is 25.8 Å². The van der Waals surface area contributed by atoms with Crippen LogP contribution in [0.5, 0.6) is 0 Å². The summed E-state index contributed by atoms with van der Waals surface area (Å²) < 4.78 is 1.61. The van der Waals surface area contributed by atoms with E-state index in [-0.39, 0.29) is 17.5 Å². The monoisotopic (exact) mass is 287 g/mol. The molecule has 1 saturated heterocycles. The van der Waals surface area contributed by atoms with Crippen molar-refractivity contribution in [2.75, 3.05) is 6.54 Å². The van der Waals surface area contributed by atoms with Crippen LogP contribution in [0.1, 0.15) is 40.9 Å². The molecule has 21 heavy (non-hydrogen) atoms. The lowest BCUT2D eigenvalue weighted by Gasteiger charge is -2.23. The van der Waals surface area contributed by atoms with Gasteiger partial charge in [-0.15, -0.1) is 0 Å². The minimum absolute atomic E-state index is 0.113. The van der Waals surface area contributed by atoms with E-state index in [1.54, 1.807) is 35.8 Å². The van der Waals surface area contributed by atoms with Gasteiger partial charge in [0.2, 0.25) is 0 Å². The van der Waals surface area contributed by atoms with Crippen LogP contribution in [0, 0.1) is 6.92 Å². The summed E-state index contributed by atoms with van der Waals surface area (Å²) >= 11 is 0. The molecule has 1 aliphatic rings. The molecule has 0 aliphatic carbocycles. The molecule has 1 amide bonds. The van der Waals surface area contributed by atoms with Crippen LogP contribution in [-0.2, 0) is 7.05 Å². The zero-order valence-corrected chi connectivity index (χ0v) is 12.0. The number of hydrogen-bond acceptors (Lipinski definition) is 4. The highest BCUT2D eigenvalue weighted by molar-refractivity contribution is 5.92. The Morgan fingerprint density at radius 3 is 2.95 bits per heavy atom. The summed E-state index contributed by atoms with van der Waals surface area (Å²) in [4.78, 5) is 32.9. The molecule has 7 nitrogen and oxygen atoms in total. The molecule has 0 aromatic carbocycles. The second kappa shape index (κ2) is 5.16. The highest BCUT2D eigenvalue weighted by Crippen LogP contribution is 2.31. The molecule has 1 atom stereocenters. The summed E-state index contributed by atoms with van der Waals surface area (Å²) in [5, 5.41) is 4.16. The number of carbonyl (C=O) groups is 1. The van der Waals surface area contributed by atoms with E-state index in [2.05, 4.69) is 15.1 Å². The summed E-state index contributed by atoms with van der Waals surface area (Å²) in [6.45, 7) is 2.40. The van der Waals surface area contributed by atoms with Crippen molar-refractivity contribution in [1.82, 2.24) is 24.6 Å². The largest absolute Gasteiger partial charge is 0.329 e. The molecule has 7 heteroatoms. The van der Waals surface area contributed by atoms with Gasteiger partial charge in [-0.1, -0.05) is 0 Å². The number of carbonyl (C=O) groups excluding carboxylic acids is 1.